The Morgan fingerprint density at radius 3 is 2.75 bits per heavy atom. The monoisotopic (exact) mass is 495 g/mol. The maximum absolute atomic E-state index is 13.2. The minimum absolute atomic E-state index is 0.180. The Kier molecular flexibility index (Phi) is 5.45. The molecule has 2 heterocycles. The summed E-state index contributed by atoms with van der Waals surface area (Å²) >= 11 is 3.45. The molecule has 0 fully saturated rings. The molecule has 0 N–H and O–H groups in total. The number of hydrogen-bond donors (Lipinski definition) is 0. The SMILES string of the molecule is COc1ccc(Br)cc1/C=C1\Oc2c(ccc3c2CN(Cc2ccc(F)cc2)CO3)C1=O. The van der Waals surface area contributed by atoms with Gasteiger partial charge in [-0.1, -0.05) is 28.1 Å². The lowest BCUT2D eigenvalue weighted by atomic mass is 10.0. The zero-order chi connectivity index (χ0) is 22.2. The molecular weight excluding hydrogens is 477 g/mol. The summed E-state index contributed by atoms with van der Waals surface area (Å²) < 4.78 is 31.5. The second-order valence-corrected chi connectivity index (χ2v) is 8.55. The van der Waals surface area contributed by atoms with Crippen LogP contribution in [0.3, 0.4) is 0 Å². The Morgan fingerprint density at radius 2 is 1.97 bits per heavy atom. The fourth-order valence-electron chi connectivity index (χ4n) is 3.91. The summed E-state index contributed by atoms with van der Waals surface area (Å²) in [6, 6.07) is 15.5. The van der Waals surface area contributed by atoms with Crippen LogP contribution in [-0.2, 0) is 13.1 Å². The minimum Gasteiger partial charge on any atom is -0.496 e. The predicted octanol–water partition coefficient (Wildman–Crippen LogP) is 5.57. The minimum atomic E-state index is -0.264. The van der Waals surface area contributed by atoms with Gasteiger partial charge in [0.05, 0.1) is 18.2 Å². The largest absolute Gasteiger partial charge is 0.496 e. The summed E-state index contributed by atoms with van der Waals surface area (Å²) in [5, 5.41) is 0. The molecule has 162 valence electrons. The third-order valence-corrected chi connectivity index (χ3v) is 5.97. The fourth-order valence-corrected chi connectivity index (χ4v) is 4.29. The van der Waals surface area contributed by atoms with Crippen molar-refractivity contribution in [1.82, 2.24) is 4.90 Å². The molecule has 7 heteroatoms. The van der Waals surface area contributed by atoms with Crippen molar-refractivity contribution < 1.29 is 23.4 Å². The summed E-state index contributed by atoms with van der Waals surface area (Å²) in [6.07, 6.45) is 1.69. The molecular formula is C25H19BrFNO4. The first kappa shape index (κ1) is 20.7. The standard InChI is InChI=1S/C25H19BrFNO4/c1-30-21-8-4-17(26)10-16(21)11-23-24(29)19-7-9-22-20(25(19)32-23)13-28(14-31-22)12-15-2-5-18(27)6-3-15/h2-11H,12-14H2,1H3/b23-11-. The Hall–Kier alpha value is -3.16. The van der Waals surface area contributed by atoms with E-state index in [4.69, 9.17) is 14.2 Å². The first-order valence-corrected chi connectivity index (χ1v) is 10.8. The van der Waals surface area contributed by atoms with E-state index in [-0.39, 0.29) is 17.4 Å². The van der Waals surface area contributed by atoms with E-state index in [1.165, 1.54) is 12.1 Å². The molecule has 5 rings (SSSR count). The van der Waals surface area contributed by atoms with Gasteiger partial charge >= 0.3 is 0 Å². The molecule has 0 saturated heterocycles. The van der Waals surface area contributed by atoms with Gasteiger partial charge in [-0.15, -0.1) is 0 Å². The smallest absolute Gasteiger partial charge is 0.231 e. The van der Waals surface area contributed by atoms with Gasteiger partial charge in [-0.3, -0.25) is 9.69 Å². The molecule has 0 spiro atoms. The highest BCUT2D eigenvalue weighted by Gasteiger charge is 2.33. The zero-order valence-electron chi connectivity index (χ0n) is 17.2. The Labute approximate surface area is 193 Å². The molecule has 0 amide bonds. The zero-order valence-corrected chi connectivity index (χ0v) is 18.8. The summed E-state index contributed by atoms with van der Waals surface area (Å²) in [4.78, 5) is 15.1. The number of rotatable bonds is 4. The molecule has 0 saturated carbocycles. The first-order valence-electron chi connectivity index (χ1n) is 10.0. The number of carbonyl (C=O) groups excluding carboxylic acids is 1. The lowest BCUT2D eigenvalue weighted by molar-refractivity contribution is 0.0872. The van der Waals surface area contributed by atoms with Gasteiger partial charge in [0, 0.05) is 23.1 Å². The lowest BCUT2D eigenvalue weighted by Crippen LogP contribution is -2.31. The van der Waals surface area contributed by atoms with Gasteiger partial charge in [-0.25, -0.2) is 4.39 Å². The van der Waals surface area contributed by atoms with Crippen molar-refractivity contribution in [3.63, 3.8) is 0 Å². The van der Waals surface area contributed by atoms with Crippen LogP contribution in [0.4, 0.5) is 4.39 Å². The van der Waals surface area contributed by atoms with Crippen molar-refractivity contribution in [2.24, 2.45) is 0 Å². The number of carbonyl (C=O) groups is 1. The van der Waals surface area contributed by atoms with Crippen molar-refractivity contribution in [3.05, 3.63) is 92.9 Å². The van der Waals surface area contributed by atoms with Crippen molar-refractivity contribution >= 4 is 27.8 Å². The van der Waals surface area contributed by atoms with E-state index in [1.807, 2.05) is 24.3 Å². The summed E-state index contributed by atoms with van der Waals surface area (Å²) in [5.41, 5.74) is 3.05. The predicted molar refractivity (Wildman–Crippen MR) is 121 cm³/mol. The number of ether oxygens (including phenoxy) is 3. The van der Waals surface area contributed by atoms with E-state index in [9.17, 15) is 9.18 Å². The molecule has 0 radical (unpaired) electrons. The van der Waals surface area contributed by atoms with Crippen LogP contribution in [0.2, 0.25) is 0 Å². The number of halogens is 2. The Morgan fingerprint density at radius 1 is 1.16 bits per heavy atom. The van der Waals surface area contributed by atoms with Crippen LogP contribution in [-0.4, -0.2) is 24.5 Å². The number of nitrogens with zero attached hydrogens (tertiary/aromatic N) is 1. The van der Waals surface area contributed by atoms with Crippen molar-refractivity contribution in [1.29, 1.82) is 0 Å². The quantitative estimate of drug-likeness (QED) is 0.443. The van der Waals surface area contributed by atoms with Gasteiger partial charge in [0.1, 0.15) is 29.8 Å². The van der Waals surface area contributed by atoms with E-state index in [1.54, 1.807) is 31.4 Å². The van der Waals surface area contributed by atoms with Crippen LogP contribution >= 0.6 is 15.9 Å². The van der Waals surface area contributed by atoms with E-state index < -0.39 is 0 Å². The third kappa shape index (κ3) is 3.89. The first-order chi connectivity index (χ1) is 15.5. The van der Waals surface area contributed by atoms with Crippen LogP contribution < -0.4 is 14.2 Å². The molecule has 0 atom stereocenters. The highest BCUT2D eigenvalue weighted by Crippen LogP contribution is 2.42. The second-order valence-electron chi connectivity index (χ2n) is 7.63. The molecule has 3 aromatic rings. The van der Waals surface area contributed by atoms with Crippen LogP contribution in [0.1, 0.15) is 27.0 Å². The molecule has 32 heavy (non-hydrogen) atoms. The number of benzene rings is 3. The number of allylic oxidation sites excluding steroid dienone is 1. The van der Waals surface area contributed by atoms with Crippen molar-refractivity contribution in [2.45, 2.75) is 13.1 Å². The van der Waals surface area contributed by atoms with Gasteiger partial charge in [0.2, 0.25) is 5.78 Å². The van der Waals surface area contributed by atoms with Gasteiger partial charge in [-0.2, -0.15) is 0 Å². The van der Waals surface area contributed by atoms with Crippen LogP contribution in [0.5, 0.6) is 17.2 Å². The van der Waals surface area contributed by atoms with E-state index in [0.29, 0.717) is 42.6 Å². The number of ketones is 1. The summed E-state index contributed by atoms with van der Waals surface area (Å²) in [7, 11) is 1.58. The number of methoxy groups -OCH3 is 1. The van der Waals surface area contributed by atoms with Crippen LogP contribution in [0, 0.1) is 5.82 Å². The van der Waals surface area contributed by atoms with Crippen LogP contribution in [0.15, 0.2) is 64.8 Å². The van der Waals surface area contributed by atoms with Crippen molar-refractivity contribution in [2.75, 3.05) is 13.8 Å². The van der Waals surface area contributed by atoms with Gasteiger partial charge < -0.3 is 14.2 Å². The van der Waals surface area contributed by atoms with Gasteiger partial charge in [-0.05, 0) is 54.1 Å². The maximum atomic E-state index is 13.2. The molecule has 0 bridgehead atoms. The third-order valence-electron chi connectivity index (χ3n) is 5.48. The Balaban J connectivity index is 1.44. The van der Waals surface area contributed by atoms with E-state index in [2.05, 4.69) is 20.8 Å². The molecule has 0 aromatic heterocycles. The van der Waals surface area contributed by atoms with E-state index in [0.717, 1.165) is 21.2 Å². The average Bonchev–Trinajstić information content (AvgIpc) is 3.11. The van der Waals surface area contributed by atoms with Crippen molar-refractivity contribution in [3.8, 4) is 17.2 Å². The molecule has 2 aliphatic rings. The molecule has 3 aromatic carbocycles. The highest BCUT2D eigenvalue weighted by molar-refractivity contribution is 9.10. The fraction of sp³-hybridized carbons (Fsp3) is 0.160. The second kappa shape index (κ2) is 8.41. The van der Waals surface area contributed by atoms with Gasteiger partial charge in [0.25, 0.3) is 0 Å². The molecule has 0 aliphatic carbocycles. The van der Waals surface area contributed by atoms with Crippen LogP contribution in [0.25, 0.3) is 6.08 Å². The summed E-state index contributed by atoms with van der Waals surface area (Å²) in [6.45, 7) is 1.54. The topological polar surface area (TPSA) is 48.0 Å². The highest BCUT2D eigenvalue weighted by atomic mass is 79.9. The molecule has 5 nitrogen and oxygen atoms in total. The number of fused-ring (bicyclic) bond motifs is 3. The summed E-state index contributed by atoms with van der Waals surface area (Å²) in [5.74, 6) is 1.66. The Bertz CT molecular complexity index is 1240. The molecule has 0 unspecified atom stereocenters. The maximum Gasteiger partial charge on any atom is 0.231 e. The number of hydrogen-bond acceptors (Lipinski definition) is 5. The van der Waals surface area contributed by atoms with E-state index >= 15 is 0 Å². The van der Waals surface area contributed by atoms with Gasteiger partial charge in [0.15, 0.2) is 5.76 Å². The average molecular weight is 496 g/mol. The lowest BCUT2D eigenvalue weighted by Gasteiger charge is -2.29. The normalized spacial score (nSPS) is 16.3. The molecule has 2 aliphatic heterocycles. The number of Topliss-reactive ketones (excluding diaryl/α,β-unsaturated/α-hetero) is 1.